The Balaban J connectivity index is 1.56. The van der Waals surface area contributed by atoms with Gasteiger partial charge in [0, 0.05) is 11.1 Å². The Hall–Kier alpha value is -3.08. The summed E-state index contributed by atoms with van der Waals surface area (Å²) in [6.07, 6.45) is 0. The van der Waals surface area contributed by atoms with E-state index in [0.29, 0.717) is 25.3 Å². The van der Waals surface area contributed by atoms with Gasteiger partial charge in [-0.15, -0.1) is 0 Å². The van der Waals surface area contributed by atoms with Crippen molar-refractivity contribution in [3.05, 3.63) is 65.9 Å². The molecule has 0 saturated heterocycles. The summed E-state index contributed by atoms with van der Waals surface area (Å²) in [6.45, 7) is 5.28. The standard InChI is InChI=1S/C21H22N2O3/c1-3-25-16-8-10-17(11-9-16)26-13-12-22-21(24)19-14-15(2)23-20-7-5-4-6-18(19)20/h4-11,14H,3,12-13H2,1-2H3,(H,22,24). The molecule has 1 heterocycles. The summed E-state index contributed by atoms with van der Waals surface area (Å²) in [7, 11) is 0. The number of aromatic nitrogens is 1. The van der Waals surface area contributed by atoms with Gasteiger partial charge in [-0.3, -0.25) is 9.78 Å². The molecule has 134 valence electrons. The summed E-state index contributed by atoms with van der Waals surface area (Å²) in [5.41, 5.74) is 2.27. The van der Waals surface area contributed by atoms with E-state index in [2.05, 4.69) is 10.3 Å². The normalized spacial score (nSPS) is 10.5. The molecule has 3 rings (SSSR count). The van der Waals surface area contributed by atoms with Gasteiger partial charge in [0.25, 0.3) is 5.91 Å². The number of hydrogen-bond acceptors (Lipinski definition) is 4. The number of aryl methyl sites for hydroxylation is 1. The zero-order chi connectivity index (χ0) is 18.4. The lowest BCUT2D eigenvalue weighted by atomic mass is 10.1. The van der Waals surface area contributed by atoms with Crippen molar-refractivity contribution in [2.24, 2.45) is 0 Å². The van der Waals surface area contributed by atoms with Crippen LogP contribution in [0.15, 0.2) is 54.6 Å². The van der Waals surface area contributed by atoms with Crippen molar-refractivity contribution < 1.29 is 14.3 Å². The number of carbonyl (C=O) groups is 1. The maximum absolute atomic E-state index is 12.5. The molecule has 0 aliphatic heterocycles. The molecule has 26 heavy (non-hydrogen) atoms. The number of nitrogens with zero attached hydrogens (tertiary/aromatic N) is 1. The average Bonchev–Trinajstić information content (AvgIpc) is 2.66. The molecule has 0 aliphatic rings. The van der Waals surface area contributed by atoms with Crippen molar-refractivity contribution in [2.75, 3.05) is 19.8 Å². The van der Waals surface area contributed by atoms with Crippen LogP contribution in [0.25, 0.3) is 10.9 Å². The molecule has 0 bridgehead atoms. The summed E-state index contributed by atoms with van der Waals surface area (Å²) in [4.78, 5) is 17.0. The summed E-state index contributed by atoms with van der Waals surface area (Å²) in [5, 5.41) is 3.75. The predicted octanol–water partition coefficient (Wildman–Crippen LogP) is 3.75. The van der Waals surface area contributed by atoms with Crippen LogP contribution >= 0.6 is 0 Å². The molecule has 0 saturated carbocycles. The van der Waals surface area contributed by atoms with Crippen LogP contribution in [-0.2, 0) is 0 Å². The van der Waals surface area contributed by atoms with Gasteiger partial charge < -0.3 is 14.8 Å². The number of amides is 1. The number of rotatable bonds is 7. The Labute approximate surface area is 153 Å². The quantitative estimate of drug-likeness (QED) is 0.659. The largest absolute Gasteiger partial charge is 0.494 e. The number of benzene rings is 2. The van der Waals surface area contributed by atoms with Gasteiger partial charge in [0.2, 0.25) is 0 Å². The van der Waals surface area contributed by atoms with Crippen molar-refractivity contribution >= 4 is 16.8 Å². The molecule has 0 atom stereocenters. The highest BCUT2D eigenvalue weighted by Crippen LogP contribution is 2.19. The van der Waals surface area contributed by atoms with Crippen molar-refractivity contribution in [1.29, 1.82) is 0 Å². The van der Waals surface area contributed by atoms with E-state index in [9.17, 15) is 4.79 Å². The van der Waals surface area contributed by atoms with Gasteiger partial charge in [0.15, 0.2) is 0 Å². The molecule has 0 radical (unpaired) electrons. The number of fused-ring (bicyclic) bond motifs is 1. The molecule has 1 amide bonds. The smallest absolute Gasteiger partial charge is 0.252 e. The first kappa shape index (κ1) is 17.7. The van der Waals surface area contributed by atoms with Crippen LogP contribution in [0.4, 0.5) is 0 Å². The monoisotopic (exact) mass is 350 g/mol. The lowest BCUT2D eigenvalue weighted by Crippen LogP contribution is -2.28. The molecule has 0 fully saturated rings. The van der Waals surface area contributed by atoms with Crippen LogP contribution in [-0.4, -0.2) is 30.6 Å². The third-order valence-electron chi connectivity index (χ3n) is 3.88. The second-order valence-corrected chi connectivity index (χ2v) is 5.84. The SMILES string of the molecule is CCOc1ccc(OCCNC(=O)c2cc(C)nc3ccccc23)cc1. The van der Waals surface area contributed by atoms with E-state index in [1.54, 1.807) is 0 Å². The Morgan fingerprint density at radius 1 is 1.04 bits per heavy atom. The third kappa shape index (κ3) is 4.30. The molecule has 1 N–H and O–H groups in total. The molecule has 5 heteroatoms. The van der Waals surface area contributed by atoms with Crippen molar-refractivity contribution in [2.45, 2.75) is 13.8 Å². The summed E-state index contributed by atoms with van der Waals surface area (Å²) in [5.74, 6) is 1.43. The fourth-order valence-electron chi connectivity index (χ4n) is 2.72. The van der Waals surface area contributed by atoms with E-state index < -0.39 is 0 Å². The van der Waals surface area contributed by atoms with Gasteiger partial charge >= 0.3 is 0 Å². The minimum Gasteiger partial charge on any atom is -0.494 e. The van der Waals surface area contributed by atoms with Gasteiger partial charge in [-0.2, -0.15) is 0 Å². The van der Waals surface area contributed by atoms with Gasteiger partial charge in [-0.1, -0.05) is 18.2 Å². The second-order valence-electron chi connectivity index (χ2n) is 5.84. The maximum Gasteiger partial charge on any atom is 0.252 e. The van der Waals surface area contributed by atoms with Crippen LogP contribution in [0, 0.1) is 6.92 Å². The van der Waals surface area contributed by atoms with Crippen LogP contribution in [0.2, 0.25) is 0 Å². The summed E-state index contributed by atoms with van der Waals surface area (Å²) < 4.78 is 11.0. The Kier molecular flexibility index (Phi) is 5.69. The van der Waals surface area contributed by atoms with Crippen molar-refractivity contribution in [3.63, 3.8) is 0 Å². The van der Waals surface area contributed by atoms with Crippen LogP contribution in [0.5, 0.6) is 11.5 Å². The first-order valence-electron chi connectivity index (χ1n) is 8.67. The summed E-state index contributed by atoms with van der Waals surface area (Å²) >= 11 is 0. The van der Waals surface area contributed by atoms with Gasteiger partial charge in [0.05, 0.1) is 24.2 Å². The molecule has 0 spiro atoms. The lowest BCUT2D eigenvalue weighted by molar-refractivity contribution is 0.0948. The number of para-hydroxylation sites is 1. The molecular weight excluding hydrogens is 328 g/mol. The topological polar surface area (TPSA) is 60.5 Å². The van der Waals surface area contributed by atoms with E-state index in [4.69, 9.17) is 9.47 Å². The van der Waals surface area contributed by atoms with Crippen molar-refractivity contribution in [3.8, 4) is 11.5 Å². The molecule has 0 aliphatic carbocycles. The molecule has 1 aromatic heterocycles. The Bertz CT molecular complexity index is 891. The highest BCUT2D eigenvalue weighted by atomic mass is 16.5. The van der Waals surface area contributed by atoms with Crippen LogP contribution in [0.3, 0.4) is 0 Å². The van der Waals surface area contributed by atoms with Gasteiger partial charge in [-0.05, 0) is 50.2 Å². The molecule has 2 aromatic carbocycles. The number of pyridine rings is 1. The molecule has 0 unspecified atom stereocenters. The van der Waals surface area contributed by atoms with Crippen LogP contribution < -0.4 is 14.8 Å². The van der Waals surface area contributed by atoms with Crippen LogP contribution in [0.1, 0.15) is 23.0 Å². The molecule has 3 aromatic rings. The van der Waals surface area contributed by atoms with E-state index in [0.717, 1.165) is 28.1 Å². The predicted molar refractivity (Wildman–Crippen MR) is 102 cm³/mol. The molecular formula is C21H22N2O3. The van der Waals surface area contributed by atoms with Crippen molar-refractivity contribution in [1.82, 2.24) is 10.3 Å². The van der Waals surface area contributed by atoms with E-state index in [1.165, 1.54) is 0 Å². The highest BCUT2D eigenvalue weighted by molar-refractivity contribution is 6.06. The number of hydrogen-bond donors (Lipinski definition) is 1. The maximum atomic E-state index is 12.5. The summed E-state index contributed by atoms with van der Waals surface area (Å²) in [6, 6.07) is 16.9. The zero-order valence-corrected chi connectivity index (χ0v) is 15.0. The number of carbonyl (C=O) groups excluding carboxylic acids is 1. The minimum atomic E-state index is -0.123. The zero-order valence-electron chi connectivity index (χ0n) is 15.0. The minimum absolute atomic E-state index is 0.123. The van der Waals surface area contributed by atoms with E-state index in [-0.39, 0.29) is 5.91 Å². The van der Waals surface area contributed by atoms with Gasteiger partial charge in [-0.25, -0.2) is 0 Å². The third-order valence-corrected chi connectivity index (χ3v) is 3.88. The van der Waals surface area contributed by atoms with E-state index >= 15 is 0 Å². The highest BCUT2D eigenvalue weighted by Gasteiger charge is 2.11. The fourth-order valence-corrected chi connectivity index (χ4v) is 2.72. The first-order chi connectivity index (χ1) is 12.7. The number of ether oxygens (including phenoxy) is 2. The fraction of sp³-hybridized carbons (Fsp3) is 0.238. The van der Waals surface area contributed by atoms with E-state index in [1.807, 2.05) is 68.4 Å². The first-order valence-corrected chi connectivity index (χ1v) is 8.67. The average molecular weight is 350 g/mol. The number of nitrogens with one attached hydrogen (secondary N) is 1. The second kappa shape index (κ2) is 8.34. The molecule has 5 nitrogen and oxygen atoms in total. The lowest BCUT2D eigenvalue weighted by Gasteiger charge is -2.10. The Morgan fingerprint density at radius 3 is 2.46 bits per heavy atom. The Morgan fingerprint density at radius 2 is 1.73 bits per heavy atom. The van der Waals surface area contributed by atoms with Gasteiger partial charge in [0.1, 0.15) is 18.1 Å².